The molecule has 1 aromatic rings. The van der Waals surface area contributed by atoms with Gasteiger partial charge in [0.2, 0.25) is 0 Å². The number of carbonyl (C=O) groups excluding carboxylic acids is 2. The molecule has 5 heteroatoms. The standard InChI is InChI=1S/C19H25NO4/c1-23-16-6-5-14-4-3-13(9-15(14)10-16)11-20-8-7-18(21)17(12-20)19(22)24-2/h5-6,10,13,17H,3-4,7-9,11-12H2,1-2H3. The summed E-state index contributed by atoms with van der Waals surface area (Å²) in [6.45, 7) is 2.16. The first-order chi connectivity index (χ1) is 11.6. The van der Waals surface area contributed by atoms with Gasteiger partial charge >= 0.3 is 5.97 Å². The third-order valence-corrected chi connectivity index (χ3v) is 5.25. The Balaban J connectivity index is 1.62. The molecule has 1 fully saturated rings. The number of esters is 1. The number of rotatable bonds is 4. The van der Waals surface area contributed by atoms with Crippen LogP contribution in [0, 0.1) is 11.8 Å². The van der Waals surface area contributed by atoms with Crippen molar-refractivity contribution in [2.24, 2.45) is 11.8 Å². The summed E-state index contributed by atoms with van der Waals surface area (Å²) in [7, 11) is 3.04. The fourth-order valence-corrected chi connectivity index (χ4v) is 3.86. The number of methoxy groups -OCH3 is 2. The number of piperidine rings is 1. The van der Waals surface area contributed by atoms with Gasteiger partial charge in [-0.25, -0.2) is 0 Å². The van der Waals surface area contributed by atoms with E-state index in [4.69, 9.17) is 9.47 Å². The van der Waals surface area contributed by atoms with Gasteiger partial charge in [-0.1, -0.05) is 6.07 Å². The number of likely N-dealkylation sites (tertiary alicyclic amines) is 1. The van der Waals surface area contributed by atoms with E-state index >= 15 is 0 Å². The van der Waals surface area contributed by atoms with E-state index in [9.17, 15) is 9.59 Å². The lowest BCUT2D eigenvalue weighted by Gasteiger charge is -2.34. The lowest BCUT2D eigenvalue weighted by atomic mass is 9.83. The van der Waals surface area contributed by atoms with E-state index in [1.54, 1.807) is 7.11 Å². The van der Waals surface area contributed by atoms with Gasteiger partial charge in [0.05, 0.1) is 14.2 Å². The van der Waals surface area contributed by atoms with Crippen molar-refractivity contribution in [3.63, 3.8) is 0 Å². The summed E-state index contributed by atoms with van der Waals surface area (Å²) in [5.74, 6) is 0.458. The van der Waals surface area contributed by atoms with E-state index in [0.29, 0.717) is 18.9 Å². The number of ketones is 1. The summed E-state index contributed by atoms with van der Waals surface area (Å²) in [6, 6.07) is 6.33. The topological polar surface area (TPSA) is 55.8 Å². The summed E-state index contributed by atoms with van der Waals surface area (Å²) in [5.41, 5.74) is 2.77. The number of benzene rings is 1. The summed E-state index contributed by atoms with van der Waals surface area (Å²) < 4.78 is 10.1. The molecule has 1 aliphatic carbocycles. The van der Waals surface area contributed by atoms with Crippen LogP contribution < -0.4 is 4.74 Å². The molecule has 0 aromatic heterocycles. The molecule has 0 bridgehead atoms. The molecule has 24 heavy (non-hydrogen) atoms. The van der Waals surface area contributed by atoms with E-state index in [1.807, 2.05) is 6.07 Å². The summed E-state index contributed by atoms with van der Waals surface area (Å²) in [4.78, 5) is 25.9. The van der Waals surface area contributed by atoms with E-state index < -0.39 is 11.9 Å². The zero-order chi connectivity index (χ0) is 17.1. The van der Waals surface area contributed by atoms with Crippen molar-refractivity contribution in [3.05, 3.63) is 29.3 Å². The third-order valence-electron chi connectivity index (χ3n) is 5.25. The molecule has 1 saturated heterocycles. The van der Waals surface area contributed by atoms with Gasteiger partial charge in [0.15, 0.2) is 0 Å². The van der Waals surface area contributed by atoms with Gasteiger partial charge in [-0.15, -0.1) is 0 Å². The zero-order valence-electron chi connectivity index (χ0n) is 14.4. The molecule has 2 unspecified atom stereocenters. The van der Waals surface area contributed by atoms with Crippen LogP contribution in [0.25, 0.3) is 0 Å². The first-order valence-electron chi connectivity index (χ1n) is 8.59. The van der Waals surface area contributed by atoms with Gasteiger partial charge in [-0.2, -0.15) is 0 Å². The molecule has 130 valence electrons. The second-order valence-corrected chi connectivity index (χ2v) is 6.80. The first-order valence-corrected chi connectivity index (χ1v) is 8.59. The summed E-state index contributed by atoms with van der Waals surface area (Å²) in [6.07, 6.45) is 3.70. The molecule has 0 radical (unpaired) electrons. The molecular weight excluding hydrogens is 306 g/mol. The van der Waals surface area contributed by atoms with Crippen LogP contribution in [0.1, 0.15) is 24.0 Å². The Labute approximate surface area is 142 Å². The predicted molar refractivity (Wildman–Crippen MR) is 90.1 cm³/mol. The minimum atomic E-state index is -0.611. The highest BCUT2D eigenvalue weighted by Gasteiger charge is 2.34. The van der Waals surface area contributed by atoms with Crippen LogP contribution in [0.5, 0.6) is 5.75 Å². The van der Waals surface area contributed by atoms with Gasteiger partial charge in [-0.3, -0.25) is 9.59 Å². The third kappa shape index (κ3) is 3.61. The Bertz CT molecular complexity index is 620. The second kappa shape index (κ2) is 7.34. The minimum Gasteiger partial charge on any atom is -0.497 e. The van der Waals surface area contributed by atoms with Crippen LogP contribution in [0.15, 0.2) is 18.2 Å². The predicted octanol–water partition coefficient (Wildman–Crippen LogP) is 1.86. The van der Waals surface area contributed by atoms with Crippen LogP contribution in [0.2, 0.25) is 0 Å². The van der Waals surface area contributed by atoms with Gasteiger partial charge in [0.1, 0.15) is 17.5 Å². The maximum absolute atomic E-state index is 11.9. The Morgan fingerprint density at radius 1 is 1.25 bits per heavy atom. The lowest BCUT2D eigenvalue weighted by Crippen LogP contribution is -2.46. The number of ether oxygens (including phenoxy) is 2. The van der Waals surface area contributed by atoms with Crippen molar-refractivity contribution in [2.45, 2.75) is 25.7 Å². The van der Waals surface area contributed by atoms with Gasteiger partial charge < -0.3 is 14.4 Å². The fourth-order valence-electron chi connectivity index (χ4n) is 3.86. The quantitative estimate of drug-likeness (QED) is 0.623. The second-order valence-electron chi connectivity index (χ2n) is 6.80. The smallest absolute Gasteiger partial charge is 0.317 e. The number of carbonyl (C=O) groups is 2. The maximum atomic E-state index is 11.9. The van der Waals surface area contributed by atoms with Crippen LogP contribution >= 0.6 is 0 Å². The van der Waals surface area contributed by atoms with E-state index in [1.165, 1.54) is 18.2 Å². The van der Waals surface area contributed by atoms with Crippen LogP contribution in [-0.2, 0) is 27.2 Å². The van der Waals surface area contributed by atoms with Crippen molar-refractivity contribution in [2.75, 3.05) is 33.9 Å². The van der Waals surface area contributed by atoms with E-state index in [2.05, 4.69) is 17.0 Å². The van der Waals surface area contributed by atoms with Crippen molar-refractivity contribution in [3.8, 4) is 5.75 Å². The van der Waals surface area contributed by atoms with Gasteiger partial charge in [0, 0.05) is 26.1 Å². The molecule has 0 N–H and O–H groups in total. The number of Topliss-reactive ketones (excluding diaryl/α,β-unsaturated/α-hetero) is 1. The average Bonchev–Trinajstić information content (AvgIpc) is 2.62. The average molecular weight is 331 g/mol. The monoisotopic (exact) mass is 331 g/mol. The number of hydrogen-bond acceptors (Lipinski definition) is 5. The number of fused-ring (bicyclic) bond motifs is 1. The number of hydrogen-bond donors (Lipinski definition) is 0. The Morgan fingerprint density at radius 3 is 2.83 bits per heavy atom. The Kier molecular flexibility index (Phi) is 5.19. The van der Waals surface area contributed by atoms with Crippen LogP contribution in [0.3, 0.4) is 0 Å². The van der Waals surface area contributed by atoms with Gasteiger partial charge in [0.25, 0.3) is 0 Å². The molecule has 0 amide bonds. The number of nitrogens with zero attached hydrogens (tertiary/aromatic N) is 1. The molecule has 0 saturated carbocycles. The summed E-state index contributed by atoms with van der Waals surface area (Å²) in [5, 5.41) is 0. The zero-order valence-corrected chi connectivity index (χ0v) is 14.4. The summed E-state index contributed by atoms with van der Waals surface area (Å²) >= 11 is 0. The number of aryl methyl sites for hydroxylation is 1. The van der Waals surface area contributed by atoms with Crippen molar-refractivity contribution >= 4 is 11.8 Å². The SMILES string of the molecule is COC(=O)C1CN(CC2CCc3ccc(OC)cc3C2)CCC1=O. The Morgan fingerprint density at radius 2 is 2.08 bits per heavy atom. The van der Waals surface area contributed by atoms with Gasteiger partial charge in [-0.05, 0) is 48.4 Å². The largest absolute Gasteiger partial charge is 0.497 e. The van der Waals surface area contributed by atoms with Crippen LogP contribution in [-0.4, -0.2) is 50.5 Å². The van der Waals surface area contributed by atoms with Crippen molar-refractivity contribution < 1.29 is 19.1 Å². The molecule has 2 atom stereocenters. The van der Waals surface area contributed by atoms with Crippen molar-refractivity contribution in [1.82, 2.24) is 4.90 Å². The highest BCUT2D eigenvalue weighted by atomic mass is 16.5. The molecule has 1 heterocycles. The molecule has 1 aromatic carbocycles. The maximum Gasteiger partial charge on any atom is 0.317 e. The van der Waals surface area contributed by atoms with Crippen molar-refractivity contribution in [1.29, 1.82) is 0 Å². The normalized spacial score (nSPS) is 24.3. The molecule has 0 spiro atoms. The minimum absolute atomic E-state index is 0.0110. The lowest BCUT2D eigenvalue weighted by molar-refractivity contribution is -0.152. The molecule has 3 rings (SSSR count). The molecule has 5 nitrogen and oxygen atoms in total. The van der Waals surface area contributed by atoms with E-state index in [-0.39, 0.29) is 5.78 Å². The molecule has 1 aliphatic heterocycles. The first kappa shape index (κ1) is 17.0. The Hall–Kier alpha value is -1.88. The molecule has 2 aliphatic rings. The van der Waals surface area contributed by atoms with Crippen LogP contribution in [0.4, 0.5) is 0 Å². The fraction of sp³-hybridized carbons (Fsp3) is 0.579. The molecular formula is C19H25NO4. The highest BCUT2D eigenvalue weighted by molar-refractivity contribution is 5.99. The van der Waals surface area contributed by atoms with E-state index in [0.717, 1.165) is 38.1 Å². The highest BCUT2D eigenvalue weighted by Crippen LogP contribution is 2.30.